The fourth-order valence-corrected chi connectivity index (χ4v) is 2.69. The van der Waals surface area contributed by atoms with Gasteiger partial charge in [0.1, 0.15) is 0 Å². The smallest absolute Gasteiger partial charge is 0.0740 e. The largest absolute Gasteiger partial charge is 0.393 e. The molecule has 0 unspecified atom stereocenters. The van der Waals surface area contributed by atoms with Gasteiger partial charge in [0.2, 0.25) is 0 Å². The lowest BCUT2D eigenvalue weighted by atomic mass is 10.2. The summed E-state index contributed by atoms with van der Waals surface area (Å²) in [5, 5.41) is 0. The van der Waals surface area contributed by atoms with E-state index in [2.05, 4.69) is 23.6 Å². The predicted molar refractivity (Wildman–Crippen MR) is 83.0 cm³/mol. The van der Waals surface area contributed by atoms with Gasteiger partial charge in [-0.3, -0.25) is 0 Å². The van der Waals surface area contributed by atoms with Gasteiger partial charge in [-0.25, -0.2) is 0 Å². The van der Waals surface area contributed by atoms with Gasteiger partial charge >= 0.3 is 0 Å². The minimum atomic E-state index is 0.642. The normalized spacial score (nSPS) is 16.9. The second kappa shape index (κ2) is 8.83. The Morgan fingerprint density at radius 2 is 1.94 bits per heavy atom. The molecule has 0 atom stereocenters. The monoisotopic (exact) mass is 271 g/mol. The third-order valence-corrected chi connectivity index (χ3v) is 3.65. The summed E-state index contributed by atoms with van der Waals surface area (Å²) in [7, 11) is 0. The molecule has 0 aromatic carbocycles. The standard InChI is InChI=1S/C14H29N3S/c1-13(2)12-17(11-6-14(15)18)10-5-9-16-7-3-4-8-16/h13H,3-12H2,1-2H3,(H2,15,18). The Hall–Kier alpha value is -0.190. The fraction of sp³-hybridized carbons (Fsp3) is 0.929. The highest BCUT2D eigenvalue weighted by Gasteiger charge is 2.12. The molecule has 1 fully saturated rings. The Morgan fingerprint density at radius 1 is 1.28 bits per heavy atom. The van der Waals surface area contributed by atoms with Crippen LogP contribution in [-0.4, -0.2) is 54.1 Å². The molecule has 0 aromatic rings. The maximum absolute atomic E-state index is 5.60. The van der Waals surface area contributed by atoms with Crippen molar-refractivity contribution in [2.75, 3.05) is 39.3 Å². The van der Waals surface area contributed by atoms with E-state index in [1.165, 1.54) is 45.4 Å². The van der Waals surface area contributed by atoms with Crippen LogP contribution in [0, 0.1) is 5.92 Å². The van der Waals surface area contributed by atoms with Crippen LogP contribution in [0.2, 0.25) is 0 Å². The molecule has 0 radical (unpaired) electrons. The average molecular weight is 271 g/mol. The van der Waals surface area contributed by atoms with Crippen LogP contribution in [-0.2, 0) is 0 Å². The number of rotatable bonds is 9. The molecule has 1 aliphatic rings. The van der Waals surface area contributed by atoms with E-state index in [0.29, 0.717) is 10.9 Å². The summed E-state index contributed by atoms with van der Waals surface area (Å²) in [6.45, 7) is 11.8. The van der Waals surface area contributed by atoms with Gasteiger partial charge in [0.05, 0.1) is 4.99 Å². The molecule has 0 amide bonds. The maximum atomic E-state index is 5.60. The van der Waals surface area contributed by atoms with E-state index in [-0.39, 0.29) is 0 Å². The minimum Gasteiger partial charge on any atom is -0.393 e. The van der Waals surface area contributed by atoms with E-state index in [0.717, 1.165) is 19.5 Å². The van der Waals surface area contributed by atoms with Gasteiger partial charge in [-0.15, -0.1) is 0 Å². The van der Waals surface area contributed by atoms with Crippen molar-refractivity contribution in [3.05, 3.63) is 0 Å². The maximum Gasteiger partial charge on any atom is 0.0740 e. The quantitative estimate of drug-likeness (QED) is 0.651. The topological polar surface area (TPSA) is 32.5 Å². The van der Waals surface area contributed by atoms with E-state index < -0.39 is 0 Å². The minimum absolute atomic E-state index is 0.642. The van der Waals surface area contributed by atoms with Crippen molar-refractivity contribution >= 4 is 17.2 Å². The highest BCUT2D eigenvalue weighted by atomic mass is 32.1. The molecular weight excluding hydrogens is 242 g/mol. The molecule has 3 nitrogen and oxygen atoms in total. The van der Waals surface area contributed by atoms with Crippen molar-refractivity contribution in [3.8, 4) is 0 Å². The number of nitrogens with zero attached hydrogens (tertiary/aromatic N) is 2. The van der Waals surface area contributed by atoms with Gasteiger partial charge in [0, 0.05) is 19.5 Å². The van der Waals surface area contributed by atoms with E-state index in [1.54, 1.807) is 0 Å². The average Bonchev–Trinajstić information content (AvgIpc) is 2.77. The number of thiocarbonyl (C=S) groups is 1. The van der Waals surface area contributed by atoms with Gasteiger partial charge in [-0.2, -0.15) is 0 Å². The van der Waals surface area contributed by atoms with Crippen LogP contribution < -0.4 is 5.73 Å². The third kappa shape index (κ3) is 7.29. The summed E-state index contributed by atoms with van der Waals surface area (Å²) in [4.78, 5) is 5.74. The molecule has 18 heavy (non-hydrogen) atoms. The summed E-state index contributed by atoms with van der Waals surface area (Å²) >= 11 is 4.97. The van der Waals surface area contributed by atoms with Gasteiger partial charge in [-0.05, 0) is 51.4 Å². The number of hydrogen-bond acceptors (Lipinski definition) is 3. The van der Waals surface area contributed by atoms with Crippen LogP contribution in [0.4, 0.5) is 0 Å². The molecule has 0 aliphatic carbocycles. The van der Waals surface area contributed by atoms with Crippen LogP contribution in [0.25, 0.3) is 0 Å². The van der Waals surface area contributed by atoms with E-state index >= 15 is 0 Å². The zero-order valence-electron chi connectivity index (χ0n) is 12.0. The first-order chi connectivity index (χ1) is 8.58. The lowest BCUT2D eigenvalue weighted by Gasteiger charge is -2.25. The van der Waals surface area contributed by atoms with Gasteiger partial charge < -0.3 is 15.5 Å². The number of hydrogen-bond donors (Lipinski definition) is 1. The van der Waals surface area contributed by atoms with Crippen LogP contribution >= 0.6 is 12.2 Å². The van der Waals surface area contributed by atoms with Crippen molar-refractivity contribution in [2.24, 2.45) is 11.7 Å². The SMILES string of the molecule is CC(C)CN(CCCN1CCCC1)CCC(N)=S. The zero-order valence-corrected chi connectivity index (χ0v) is 12.8. The second-order valence-corrected chi connectivity index (χ2v) is 6.34. The molecule has 0 aromatic heterocycles. The van der Waals surface area contributed by atoms with Crippen molar-refractivity contribution < 1.29 is 0 Å². The van der Waals surface area contributed by atoms with E-state index in [1.807, 2.05) is 0 Å². The van der Waals surface area contributed by atoms with Crippen molar-refractivity contribution in [2.45, 2.75) is 39.5 Å². The molecule has 106 valence electrons. The highest BCUT2D eigenvalue weighted by Crippen LogP contribution is 2.08. The van der Waals surface area contributed by atoms with Crippen molar-refractivity contribution in [3.63, 3.8) is 0 Å². The van der Waals surface area contributed by atoms with Crippen LogP contribution in [0.15, 0.2) is 0 Å². The highest BCUT2D eigenvalue weighted by molar-refractivity contribution is 7.80. The Kier molecular flexibility index (Phi) is 7.79. The Morgan fingerprint density at radius 3 is 2.50 bits per heavy atom. The number of likely N-dealkylation sites (tertiary alicyclic amines) is 1. The van der Waals surface area contributed by atoms with Gasteiger partial charge in [0.25, 0.3) is 0 Å². The summed E-state index contributed by atoms with van der Waals surface area (Å²) in [6, 6.07) is 0. The van der Waals surface area contributed by atoms with Crippen molar-refractivity contribution in [1.29, 1.82) is 0 Å². The van der Waals surface area contributed by atoms with Crippen LogP contribution in [0.5, 0.6) is 0 Å². The summed E-state index contributed by atoms with van der Waals surface area (Å²) in [5.74, 6) is 0.711. The third-order valence-electron chi connectivity index (χ3n) is 3.45. The first-order valence-corrected chi connectivity index (χ1v) is 7.71. The molecule has 0 saturated carbocycles. The summed E-state index contributed by atoms with van der Waals surface area (Å²) in [6.07, 6.45) is 4.89. The van der Waals surface area contributed by atoms with E-state index in [4.69, 9.17) is 18.0 Å². The molecule has 1 saturated heterocycles. The Balaban J connectivity index is 2.19. The van der Waals surface area contributed by atoms with Crippen molar-refractivity contribution in [1.82, 2.24) is 9.80 Å². The second-order valence-electron chi connectivity index (χ2n) is 5.81. The van der Waals surface area contributed by atoms with Crippen LogP contribution in [0.3, 0.4) is 0 Å². The van der Waals surface area contributed by atoms with Gasteiger partial charge in [-0.1, -0.05) is 26.1 Å². The van der Waals surface area contributed by atoms with Gasteiger partial charge in [0.15, 0.2) is 0 Å². The fourth-order valence-electron chi connectivity index (χ4n) is 2.60. The summed E-state index contributed by atoms with van der Waals surface area (Å²) < 4.78 is 0. The zero-order chi connectivity index (χ0) is 13.4. The molecule has 1 aliphatic heterocycles. The molecule has 0 spiro atoms. The first-order valence-electron chi connectivity index (χ1n) is 7.31. The molecule has 2 N–H and O–H groups in total. The molecule has 4 heteroatoms. The summed E-state index contributed by atoms with van der Waals surface area (Å²) in [5.41, 5.74) is 5.60. The predicted octanol–water partition coefficient (Wildman–Crippen LogP) is 2.11. The molecular formula is C14H29N3S. The lowest BCUT2D eigenvalue weighted by molar-refractivity contribution is 0.229. The molecule has 1 heterocycles. The molecule has 0 bridgehead atoms. The Labute approximate surface area is 118 Å². The lowest BCUT2D eigenvalue weighted by Crippen LogP contribution is -2.33. The van der Waals surface area contributed by atoms with E-state index in [9.17, 15) is 0 Å². The van der Waals surface area contributed by atoms with Crippen LogP contribution in [0.1, 0.15) is 39.5 Å². The number of nitrogens with two attached hydrogens (primary N) is 1. The Bertz CT molecular complexity index is 237. The first kappa shape index (κ1) is 15.9. The molecule has 1 rings (SSSR count).